The maximum atomic E-state index is 13.4. The zero-order valence-electron chi connectivity index (χ0n) is 7.50. The lowest BCUT2D eigenvalue weighted by Crippen LogP contribution is -2.09. The molecule has 5 heteroatoms. The average Bonchev–Trinajstić information content (AvgIpc) is 2.17. The van der Waals surface area contributed by atoms with Gasteiger partial charge in [-0.15, -0.1) is 0 Å². The van der Waals surface area contributed by atoms with Crippen LogP contribution in [0.1, 0.15) is 0 Å². The number of halogens is 2. The molecule has 0 atom stereocenters. The van der Waals surface area contributed by atoms with E-state index >= 15 is 0 Å². The van der Waals surface area contributed by atoms with Gasteiger partial charge in [-0.2, -0.15) is 0 Å². The fourth-order valence-electron chi connectivity index (χ4n) is 1.23. The molecule has 0 saturated carbocycles. The molecule has 1 aromatic heterocycles. The number of aromatic amines is 1. The van der Waals surface area contributed by atoms with Gasteiger partial charge in [-0.05, 0) is 24.3 Å². The van der Waals surface area contributed by atoms with Crippen LogP contribution in [0, 0.1) is 5.82 Å². The van der Waals surface area contributed by atoms with Crippen LogP contribution in [0.2, 0.25) is 5.02 Å². The number of aromatic nitrogens is 2. The third-order valence-electron chi connectivity index (χ3n) is 1.90. The van der Waals surface area contributed by atoms with Crippen LogP contribution < -0.4 is 5.69 Å². The number of rotatable bonds is 1. The van der Waals surface area contributed by atoms with Gasteiger partial charge in [0, 0.05) is 16.8 Å². The molecule has 0 aliphatic rings. The van der Waals surface area contributed by atoms with Crippen molar-refractivity contribution in [3.8, 4) is 11.3 Å². The minimum atomic E-state index is -0.512. The van der Waals surface area contributed by atoms with Crippen molar-refractivity contribution < 1.29 is 4.39 Å². The number of nitrogens with zero attached hydrogens (tertiary/aromatic N) is 1. The molecule has 1 heterocycles. The molecule has 0 amide bonds. The summed E-state index contributed by atoms with van der Waals surface area (Å²) in [6.45, 7) is 0. The summed E-state index contributed by atoms with van der Waals surface area (Å²) in [6, 6.07) is 5.77. The van der Waals surface area contributed by atoms with E-state index in [0.717, 1.165) is 0 Å². The molecule has 2 rings (SSSR count). The Morgan fingerprint density at radius 1 is 1.33 bits per heavy atom. The topological polar surface area (TPSA) is 45.8 Å². The predicted octanol–water partition coefficient (Wildman–Crippen LogP) is 2.23. The number of hydrogen-bond acceptors (Lipinski definition) is 2. The quantitative estimate of drug-likeness (QED) is 0.808. The van der Waals surface area contributed by atoms with Gasteiger partial charge in [0.2, 0.25) is 0 Å². The largest absolute Gasteiger partial charge is 0.345 e. The van der Waals surface area contributed by atoms with Crippen LogP contribution in [-0.4, -0.2) is 9.97 Å². The molecule has 3 nitrogen and oxygen atoms in total. The van der Waals surface area contributed by atoms with Gasteiger partial charge in [0.1, 0.15) is 5.82 Å². The number of nitrogens with one attached hydrogen (secondary N) is 1. The first-order valence-corrected chi connectivity index (χ1v) is 4.55. The highest BCUT2D eigenvalue weighted by atomic mass is 35.5. The van der Waals surface area contributed by atoms with Crippen molar-refractivity contribution in [2.24, 2.45) is 0 Å². The minimum absolute atomic E-state index is 0.291. The van der Waals surface area contributed by atoms with Gasteiger partial charge in [0.25, 0.3) is 0 Å². The molecule has 1 aromatic carbocycles. The second-order valence-corrected chi connectivity index (χ2v) is 3.35. The van der Waals surface area contributed by atoms with Crippen molar-refractivity contribution in [1.82, 2.24) is 9.97 Å². The molecule has 0 saturated heterocycles. The lowest BCUT2D eigenvalue weighted by atomic mass is 10.1. The molecule has 0 aliphatic carbocycles. The molecule has 2 aromatic rings. The molecule has 76 valence electrons. The number of hydrogen-bond donors (Lipinski definition) is 1. The van der Waals surface area contributed by atoms with Crippen molar-refractivity contribution >= 4 is 11.6 Å². The summed E-state index contributed by atoms with van der Waals surface area (Å²) in [5, 5.41) is 0.313. The van der Waals surface area contributed by atoms with Crippen LogP contribution in [-0.2, 0) is 0 Å². The van der Waals surface area contributed by atoms with E-state index in [9.17, 15) is 9.18 Å². The summed E-state index contributed by atoms with van der Waals surface area (Å²) in [5.41, 5.74) is 0.157. The Balaban J connectivity index is 2.59. The van der Waals surface area contributed by atoms with Gasteiger partial charge in [0.15, 0.2) is 0 Å². The second kappa shape index (κ2) is 3.82. The van der Waals surface area contributed by atoms with Crippen LogP contribution in [0.15, 0.2) is 35.3 Å². The molecule has 1 N–H and O–H groups in total. The Morgan fingerprint density at radius 2 is 2.13 bits per heavy atom. The summed E-state index contributed by atoms with van der Waals surface area (Å²) in [4.78, 5) is 16.8. The second-order valence-electron chi connectivity index (χ2n) is 2.91. The van der Waals surface area contributed by atoms with Crippen LogP contribution in [0.4, 0.5) is 4.39 Å². The maximum absolute atomic E-state index is 13.4. The lowest BCUT2D eigenvalue weighted by Gasteiger charge is -2.02. The van der Waals surface area contributed by atoms with E-state index in [0.29, 0.717) is 16.3 Å². The summed E-state index contributed by atoms with van der Waals surface area (Å²) < 4.78 is 13.4. The zero-order valence-corrected chi connectivity index (χ0v) is 8.25. The third-order valence-corrected chi connectivity index (χ3v) is 2.13. The van der Waals surface area contributed by atoms with Crippen molar-refractivity contribution in [2.75, 3.05) is 0 Å². The minimum Gasteiger partial charge on any atom is -0.305 e. The Hall–Kier alpha value is -1.68. The van der Waals surface area contributed by atoms with E-state index in [4.69, 9.17) is 11.6 Å². The predicted molar refractivity (Wildman–Crippen MR) is 55.3 cm³/mol. The van der Waals surface area contributed by atoms with E-state index in [1.165, 1.54) is 24.4 Å². The fraction of sp³-hybridized carbons (Fsp3) is 0. The first-order valence-electron chi connectivity index (χ1n) is 4.17. The molecular weight excluding hydrogens is 219 g/mol. The van der Waals surface area contributed by atoms with Gasteiger partial charge < -0.3 is 4.98 Å². The van der Waals surface area contributed by atoms with Gasteiger partial charge >= 0.3 is 5.69 Å². The van der Waals surface area contributed by atoms with E-state index < -0.39 is 11.5 Å². The molecule has 0 aliphatic heterocycles. The van der Waals surface area contributed by atoms with E-state index in [2.05, 4.69) is 9.97 Å². The smallest absolute Gasteiger partial charge is 0.305 e. The first kappa shape index (κ1) is 9.86. The summed E-state index contributed by atoms with van der Waals surface area (Å²) in [5.74, 6) is -0.482. The van der Waals surface area contributed by atoms with E-state index in [1.807, 2.05) is 0 Å². The Kier molecular flexibility index (Phi) is 2.51. The van der Waals surface area contributed by atoms with Crippen LogP contribution >= 0.6 is 11.6 Å². The van der Waals surface area contributed by atoms with Crippen LogP contribution in [0.25, 0.3) is 11.3 Å². The van der Waals surface area contributed by atoms with E-state index in [-0.39, 0.29) is 0 Å². The molecule has 0 unspecified atom stereocenters. The number of H-pyrrole nitrogens is 1. The Morgan fingerprint density at radius 3 is 2.80 bits per heavy atom. The number of benzene rings is 1. The standard InChI is InChI=1S/C10H6ClFN2O/c11-6-1-2-7(8(12)5-6)9-3-4-13-10(15)14-9/h1-5H,(H,13,14,15). The lowest BCUT2D eigenvalue weighted by molar-refractivity contribution is 0.630. The normalized spacial score (nSPS) is 10.3. The zero-order chi connectivity index (χ0) is 10.8. The van der Waals surface area contributed by atoms with Crippen molar-refractivity contribution in [1.29, 1.82) is 0 Å². The SMILES string of the molecule is O=c1nccc(-c2ccc(Cl)cc2F)[nH]1. The van der Waals surface area contributed by atoms with Crippen molar-refractivity contribution in [2.45, 2.75) is 0 Å². The third kappa shape index (κ3) is 2.05. The molecule has 0 bridgehead atoms. The highest BCUT2D eigenvalue weighted by molar-refractivity contribution is 6.30. The average molecular weight is 225 g/mol. The summed E-state index contributed by atoms with van der Waals surface area (Å²) in [7, 11) is 0. The monoisotopic (exact) mass is 224 g/mol. The van der Waals surface area contributed by atoms with Gasteiger partial charge in [0.05, 0.1) is 5.69 Å². The fourth-order valence-corrected chi connectivity index (χ4v) is 1.39. The Labute approximate surface area is 89.6 Å². The molecular formula is C10H6ClFN2O. The van der Waals surface area contributed by atoms with Crippen molar-refractivity contribution in [3.63, 3.8) is 0 Å². The first-order chi connectivity index (χ1) is 7.16. The van der Waals surface area contributed by atoms with Crippen LogP contribution in [0.3, 0.4) is 0 Å². The summed E-state index contributed by atoms with van der Waals surface area (Å²) in [6.07, 6.45) is 1.32. The van der Waals surface area contributed by atoms with Crippen molar-refractivity contribution in [3.05, 3.63) is 51.8 Å². The van der Waals surface area contributed by atoms with Crippen LogP contribution in [0.5, 0.6) is 0 Å². The van der Waals surface area contributed by atoms with Gasteiger partial charge in [-0.25, -0.2) is 14.2 Å². The molecule has 15 heavy (non-hydrogen) atoms. The summed E-state index contributed by atoms with van der Waals surface area (Å²) >= 11 is 5.61. The maximum Gasteiger partial charge on any atom is 0.345 e. The van der Waals surface area contributed by atoms with Gasteiger partial charge in [-0.1, -0.05) is 11.6 Å². The molecule has 0 radical (unpaired) electrons. The molecule has 0 fully saturated rings. The highest BCUT2D eigenvalue weighted by Crippen LogP contribution is 2.22. The van der Waals surface area contributed by atoms with Gasteiger partial charge in [-0.3, -0.25) is 0 Å². The Bertz CT molecular complexity index is 553. The highest BCUT2D eigenvalue weighted by Gasteiger charge is 2.05. The van der Waals surface area contributed by atoms with E-state index in [1.54, 1.807) is 6.07 Å². The molecule has 0 spiro atoms.